The number of carbonyl (C=O) groups is 1. The van der Waals surface area contributed by atoms with E-state index in [0.717, 1.165) is 12.1 Å². The molecular weight excluding hydrogens is 296 g/mol. The summed E-state index contributed by atoms with van der Waals surface area (Å²) in [7, 11) is 1.87. The van der Waals surface area contributed by atoms with E-state index in [0.29, 0.717) is 16.7 Å². The van der Waals surface area contributed by atoms with Crippen molar-refractivity contribution in [1.29, 1.82) is 0 Å². The Morgan fingerprint density at radius 2 is 2.28 bits per heavy atom. The third-order valence-electron chi connectivity index (χ3n) is 2.43. The number of hydrogen-bond acceptors (Lipinski definition) is 3. The van der Waals surface area contributed by atoms with Gasteiger partial charge in [-0.2, -0.15) is 5.10 Å². The van der Waals surface area contributed by atoms with E-state index in [4.69, 9.17) is 0 Å². The van der Waals surface area contributed by atoms with Gasteiger partial charge < -0.3 is 5.32 Å². The van der Waals surface area contributed by atoms with Crippen LogP contribution < -0.4 is 5.32 Å². The third kappa shape index (κ3) is 3.40. The van der Waals surface area contributed by atoms with Crippen LogP contribution in [0, 0.1) is 0 Å². The minimum atomic E-state index is -0.120. The van der Waals surface area contributed by atoms with Gasteiger partial charge in [-0.15, -0.1) is 0 Å². The Morgan fingerprint density at radius 1 is 1.44 bits per heavy atom. The summed E-state index contributed by atoms with van der Waals surface area (Å²) in [5.41, 5.74) is 1.52. The quantitative estimate of drug-likeness (QED) is 0.872. The van der Waals surface area contributed by atoms with Gasteiger partial charge in [0, 0.05) is 32.4 Å². The molecule has 0 aliphatic carbocycles. The van der Waals surface area contributed by atoms with Crippen LogP contribution >= 0.6 is 15.9 Å². The monoisotopic (exact) mass is 308 g/mol. The lowest BCUT2D eigenvalue weighted by Gasteiger charge is -2.03. The summed E-state index contributed by atoms with van der Waals surface area (Å²) < 4.78 is 2.46. The average molecular weight is 309 g/mol. The summed E-state index contributed by atoms with van der Waals surface area (Å²) in [6, 6.07) is 5.41. The molecule has 18 heavy (non-hydrogen) atoms. The molecule has 1 amide bonds. The highest BCUT2D eigenvalue weighted by molar-refractivity contribution is 9.10. The molecule has 94 valence electrons. The minimum Gasteiger partial charge on any atom is -0.352 e. The number of halogens is 1. The predicted molar refractivity (Wildman–Crippen MR) is 71.2 cm³/mol. The van der Waals surface area contributed by atoms with Crippen molar-refractivity contribution in [2.24, 2.45) is 7.05 Å². The van der Waals surface area contributed by atoms with Crippen LogP contribution in [0.5, 0.6) is 0 Å². The van der Waals surface area contributed by atoms with Crippen LogP contribution in [0.25, 0.3) is 0 Å². The zero-order chi connectivity index (χ0) is 13.0. The second kappa shape index (κ2) is 5.77. The summed E-state index contributed by atoms with van der Waals surface area (Å²) in [6.45, 7) is 0.561. The maximum absolute atomic E-state index is 11.8. The Bertz CT molecular complexity index is 535. The van der Waals surface area contributed by atoms with Gasteiger partial charge >= 0.3 is 0 Å². The Kier molecular flexibility index (Phi) is 4.09. The first-order chi connectivity index (χ1) is 8.65. The van der Waals surface area contributed by atoms with Gasteiger partial charge in [0.1, 0.15) is 4.60 Å². The van der Waals surface area contributed by atoms with Gasteiger partial charge in [-0.3, -0.25) is 9.48 Å². The van der Waals surface area contributed by atoms with Crippen molar-refractivity contribution >= 4 is 21.8 Å². The molecule has 0 saturated heterocycles. The summed E-state index contributed by atoms with van der Waals surface area (Å²) in [5, 5.41) is 7.07. The maximum atomic E-state index is 11.8. The summed E-state index contributed by atoms with van der Waals surface area (Å²) in [4.78, 5) is 15.8. The van der Waals surface area contributed by atoms with Crippen molar-refractivity contribution in [3.05, 3.63) is 46.5 Å². The first kappa shape index (κ1) is 12.8. The van der Waals surface area contributed by atoms with Gasteiger partial charge in [0.05, 0.1) is 11.3 Å². The Labute approximate surface area is 113 Å². The summed E-state index contributed by atoms with van der Waals surface area (Å²) >= 11 is 3.23. The molecule has 2 aromatic rings. The lowest BCUT2D eigenvalue weighted by molar-refractivity contribution is 0.0953. The molecule has 2 heterocycles. The molecule has 1 N–H and O–H groups in total. The van der Waals surface area contributed by atoms with Gasteiger partial charge in [-0.05, 0) is 34.1 Å². The first-order valence-electron chi connectivity index (χ1n) is 5.53. The fourth-order valence-corrected chi connectivity index (χ4v) is 1.75. The smallest absolute Gasteiger partial charge is 0.252 e. The fourth-order valence-electron chi connectivity index (χ4n) is 1.51. The number of aryl methyl sites for hydroxylation is 1. The van der Waals surface area contributed by atoms with Crippen LogP contribution in [0.4, 0.5) is 0 Å². The summed E-state index contributed by atoms with van der Waals surface area (Å²) in [5.74, 6) is -0.120. The second-order valence-electron chi connectivity index (χ2n) is 3.86. The van der Waals surface area contributed by atoms with Crippen LogP contribution in [0.1, 0.15) is 16.1 Å². The molecule has 5 nitrogen and oxygen atoms in total. The topological polar surface area (TPSA) is 59.8 Å². The van der Waals surface area contributed by atoms with Crippen molar-refractivity contribution < 1.29 is 4.79 Å². The van der Waals surface area contributed by atoms with E-state index in [1.165, 1.54) is 0 Å². The Hall–Kier alpha value is -1.69. The molecule has 0 aliphatic rings. The molecule has 0 unspecified atom stereocenters. The second-order valence-corrected chi connectivity index (χ2v) is 4.67. The number of nitrogens with zero attached hydrogens (tertiary/aromatic N) is 3. The molecule has 0 spiro atoms. The molecule has 0 fully saturated rings. The molecule has 2 aromatic heterocycles. The minimum absolute atomic E-state index is 0.120. The molecule has 0 radical (unpaired) electrons. The van der Waals surface area contributed by atoms with Crippen molar-refractivity contribution in [2.45, 2.75) is 6.42 Å². The SMILES string of the molecule is Cn1ccc(CCNC(=O)c2ccc(Br)nc2)n1. The van der Waals surface area contributed by atoms with Gasteiger partial charge in [0.2, 0.25) is 0 Å². The van der Waals surface area contributed by atoms with Crippen molar-refractivity contribution in [1.82, 2.24) is 20.1 Å². The van der Waals surface area contributed by atoms with E-state index in [2.05, 4.69) is 31.3 Å². The Morgan fingerprint density at radius 3 is 2.89 bits per heavy atom. The molecular formula is C12H13BrN4O. The van der Waals surface area contributed by atoms with Gasteiger partial charge in [0.15, 0.2) is 0 Å². The molecule has 0 bridgehead atoms. The van der Waals surface area contributed by atoms with Crippen molar-refractivity contribution in [3.8, 4) is 0 Å². The standard InChI is InChI=1S/C12H13BrN4O/c1-17-7-5-10(16-17)4-6-14-12(18)9-2-3-11(13)15-8-9/h2-3,5,7-8H,4,6H2,1H3,(H,14,18). The van der Waals surface area contributed by atoms with E-state index >= 15 is 0 Å². The number of hydrogen-bond donors (Lipinski definition) is 1. The van der Waals surface area contributed by atoms with Gasteiger partial charge in [-0.25, -0.2) is 4.98 Å². The highest BCUT2D eigenvalue weighted by Crippen LogP contribution is 2.06. The third-order valence-corrected chi connectivity index (χ3v) is 2.89. The number of rotatable bonds is 4. The van der Waals surface area contributed by atoms with E-state index in [1.807, 2.05) is 19.3 Å². The number of nitrogens with one attached hydrogen (secondary N) is 1. The highest BCUT2D eigenvalue weighted by atomic mass is 79.9. The van der Waals surface area contributed by atoms with E-state index in [9.17, 15) is 4.79 Å². The average Bonchev–Trinajstić information content (AvgIpc) is 2.76. The molecule has 2 rings (SSSR count). The van der Waals surface area contributed by atoms with Crippen LogP contribution in [0.15, 0.2) is 35.2 Å². The number of pyridine rings is 1. The predicted octanol–water partition coefficient (Wildman–Crippen LogP) is 1.55. The fraction of sp³-hybridized carbons (Fsp3) is 0.250. The zero-order valence-corrected chi connectivity index (χ0v) is 11.5. The molecule has 0 aromatic carbocycles. The van der Waals surface area contributed by atoms with E-state index in [-0.39, 0.29) is 5.91 Å². The lowest BCUT2D eigenvalue weighted by atomic mass is 10.2. The van der Waals surface area contributed by atoms with Crippen LogP contribution in [-0.4, -0.2) is 27.2 Å². The molecule has 0 atom stereocenters. The summed E-state index contributed by atoms with van der Waals surface area (Å²) in [6.07, 6.45) is 4.15. The highest BCUT2D eigenvalue weighted by Gasteiger charge is 2.05. The van der Waals surface area contributed by atoms with Crippen LogP contribution in [0.2, 0.25) is 0 Å². The first-order valence-corrected chi connectivity index (χ1v) is 6.33. The van der Waals surface area contributed by atoms with Crippen LogP contribution in [0.3, 0.4) is 0 Å². The van der Waals surface area contributed by atoms with E-state index < -0.39 is 0 Å². The molecule has 6 heteroatoms. The molecule has 0 aliphatic heterocycles. The zero-order valence-electron chi connectivity index (χ0n) is 9.93. The van der Waals surface area contributed by atoms with Gasteiger partial charge in [-0.1, -0.05) is 0 Å². The van der Waals surface area contributed by atoms with Crippen molar-refractivity contribution in [2.75, 3.05) is 6.54 Å². The largest absolute Gasteiger partial charge is 0.352 e. The number of carbonyl (C=O) groups excluding carboxylic acids is 1. The van der Waals surface area contributed by atoms with Gasteiger partial charge in [0.25, 0.3) is 5.91 Å². The number of aromatic nitrogens is 3. The van der Waals surface area contributed by atoms with E-state index in [1.54, 1.807) is 23.0 Å². The normalized spacial score (nSPS) is 10.3. The lowest BCUT2D eigenvalue weighted by Crippen LogP contribution is -2.25. The maximum Gasteiger partial charge on any atom is 0.252 e. The Balaban J connectivity index is 1.83. The van der Waals surface area contributed by atoms with Crippen LogP contribution in [-0.2, 0) is 13.5 Å². The van der Waals surface area contributed by atoms with Crippen molar-refractivity contribution in [3.63, 3.8) is 0 Å². The molecule has 0 saturated carbocycles. The number of amides is 1.